The zero-order valence-corrected chi connectivity index (χ0v) is 11.9. The van der Waals surface area contributed by atoms with E-state index in [9.17, 15) is 9.59 Å². The molecule has 0 bridgehead atoms. The van der Waals surface area contributed by atoms with E-state index in [0.29, 0.717) is 25.8 Å². The number of amides is 2. The van der Waals surface area contributed by atoms with Crippen LogP contribution in [0.2, 0.25) is 0 Å². The number of carbonyl (C=O) groups is 2. The van der Waals surface area contributed by atoms with Crippen LogP contribution in [-0.4, -0.2) is 42.4 Å². The van der Waals surface area contributed by atoms with Gasteiger partial charge in [0, 0.05) is 38.5 Å². The zero-order chi connectivity index (χ0) is 14.0. The Bertz CT molecular complexity index is 251. The largest absolute Gasteiger partial charge is 0.356 e. The second-order valence-corrected chi connectivity index (χ2v) is 4.54. The second kappa shape index (κ2) is 9.88. The van der Waals surface area contributed by atoms with E-state index in [1.165, 1.54) is 0 Å². The fourth-order valence-electron chi connectivity index (χ4n) is 1.66. The molecule has 1 atom stereocenters. The highest BCUT2D eigenvalue weighted by molar-refractivity contribution is 5.78. The van der Waals surface area contributed by atoms with Gasteiger partial charge in [-0.2, -0.15) is 0 Å². The lowest BCUT2D eigenvalue weighted by atomic mass is 10.2. The molecule has 0 radical (unpaired) electrons. The maximum absolute atomic E-state index is 11.7. The van der Waals surface area contributed by atoms with Gasteiger partial charge in [-0.15, -0.1) is 0 Å². The van der Waals surface area contributed by atoms with Gasteiger partial charge in [0.15, 0.2) is 0 Å². The lowest BCUT2D eigenvalue weighted by molar-refractivity contribution is -0.131. The van der Waals surface area contributed by atoms with Gasteiger partial charge in [-0.05, 0) is 33.6 Å². The standard InChI is InChI=1S/C13H27N3O2/c1-4-16(5-2)13(18)8-6-7-12(17)15-10-9-11(3)14/h11H,4-10,14H2,1-3H3,(H,15,17). The number of carbonyl (C=O) groups excluding carboxylic acids is 2. The molecule has 18 heavy (non-hydrogen) atoms. The molecule has 0 spiro atoms. The van der Waals surface area contributed by atoms with Crippen LogP contribution in [0.25, 0.3) is 0 Å². The maximum atomic E-state index is 11.7. The van der Waals surface area contributed by atoms with Crippen LogP contribution in [0, 0.1) is 0 Å². The van der Waals surface area contributed by atoms with Gasteiger partial charge in [-0.1, -0.05) is 0 Å². The zero-order valence-electron chi connectivity index (χ0n) is 11.9. The summed E-state index contributed by atoms with van der Waals surface area (Å²) in [4.78, 5) is 24.9. The molecular weight excluding hydrogens is 230 g/mol. The van der Waals surface area contributed by atoms with Crippen molar-refractivity contribution in [3.05, 3.63) is 0 Å². The fraction of sp³-hybridized carbons (Fsp3) is 0.846. The molecule has 0 saturated heterocycles. The van der Waals surface area contributed by atoms with E-state index in [1.807, 2.05) is 20.8 Å². The molecule has 0 saturated carbocycles. The molecule has 0 aliphatic heterocycles. The molecule has 0 aliphatic carbocycles. The highest BCUT2D eigenvalue weighted by atomic mass is 16.2. The van der Waals surface area contributed by atoms with Gasteiger partial charge in [0.05, 0.1) is 0 Å². The summed E-state index contributed by atoms with van der Waals surface area (Å²) in [6.07, 6.45) is 2.25. The number of nitrogens with two attached hydrogens (primary N) is 1. The smallest absolute Gasteiger partial charge is 0.222 e. The van der Waals surface area contributed by atoms with Crippen LogP contribution in [0.15, 0.2) is 0 Å². The summed E-state index contributed by atoms with van der Waals surface area (Å²) < 4.78 is 0. The third-order valence-corrected chi connectivity index (χ3v) is 2.83. The summed E-state index contributed by atoms with van der Waals surface area (Å²) in [5.74, 6) is 0.131. The molecule has 0 aliphatic rings. The molecule has 0 aromatic carbocycles. The Balaban J connectivity index is 3.64. The Morgan fingerprint density at radius 3 is 2.33 bits per heavy atom. The second-order valence-electron chi connectivity index (χ2n) is 4.54. The van der Waals surface area contributed by atoms with Crippen molar-refractivity contribution < 1.29 is 9.59 Å². The van der Waals surface area contributed by atoms with E-state index in [2.05, 4.69) is 5.32 Å². The van der Waals surface area contributed by atoms with E-state index in [4.69, 9.17) is 5.73 Å². The van der Waals surface area contributed by atoms with Gasteiger partial charge in [0.25, 0.3) is 0 Å². The SMILES string of the molecule is CCN(CC)C(=O)CCCC(=O)NCCC(C)N. The predicted octanol–water partition coefficient (Wildman–Crippen LogP) is 0.879. The van der Waals surface area contributed by atoms with E-state index in [1.54, 1.807) is 4.90 Å². The first-order chi connectivity index (χ1) is 8.51. The minimum Gasteiger partial charge on any atom is -0.356 e. The van der Waals surface area contributed by atoms with Crippen LogP contribution in [0.1, 0.15) is 46.5 Å². The van der Waals surface area contributed by atoms with Crippen LogP contribution in [0.3, 0.4) is 0 Å². The minimum atomic E-state index is 0.00277. The van der Waals surface area contributed by atoms with E-state index in [0.717, 1.165) is 19.5 Å². The van der Waals surface area contributed by atoms with Crippen LogP contribution < -0.4 is 11.1 Å². The topological polar surface area (TPSA) is 75.4 Å². The maximum Gasteiger partial charge on any atom is 0.222 e. The molecule has 5 heteroatoms. The van der Waals surface area contributed by atoms with E-state index in [-0.39, 0.29) is 17.9 Å². The normalized spacial score (nSPS) is 12.0. The quantitative estimate of drug-likeness (QED) is 0.644. The third kappa shape index (κ3) is 8.06. The van der Waals surface area contributed by atoms with E-state index >= 15 is 0 Å². The first kappa shape index (κ1) is 16.9. The highest BCUT2D eigenvalue weighted by Crippen LogP contribution is 2.01. The summed E-state index contributed by atoms with van der Waals surface area (Å²) in [6, 6.07) is 0.106. The third-order valence-electron chi connectivity index (χ3n) is 2.83. The molecule has 0 aromatic rings. The summed E-state index contributed by atoms with van der Waals surface area (Å²) in [6.45, 7) is 7.91. The molecule has 0 aromatic heterocycles. The first-order valence-electron chi connectivity index (χ1n) is 6.81. The van der Waals surface area contributed by atoms with Crippen molar-refractivity contribution in [3.63, 3.8) is 0 Å². The Labute approximate surface area is 110 Å². The molecule has 5 nitrogen and oxygen atoms in total. The fourth-order valence-corrected chi connectivity index (χ4v) is 1.66. The number of nitrogens with one attached hydrogen (secondary N) is 1. The first-order valence-corrected chi connectivity index (χ1v) is 6.81. The number of hydrogen-bond acceptors (Lipinski definition) is 3. The Kier molecular flexibility index (Phi) is 9.28. The Morgan fingerprint density at radius 2 is 1.83 bits per heavy atom. The van der Waals surface area contributed by atoms with Crippen LogP contribution in [-0.2, 0) is 9.59 Å². The van der Waals surface area contributed by atoms with Gasteiger partial charge in [0.2, 0.25) is 11.8 Å². The van der Waals surface area contributed by atoms with Crippen molar-refractivity contribution in [1.82, 2.24) is 10.2 Å². The molecule has 2 amide bonds. The molecule has 0 fully saturated rings. The Hall–Kier alpha value is -1.10. The lowest BCUT2D eigenvalue weighted by Crippen LogP contribution is -2.31. The van der Waals surface area contributed by atoms with E-state index < -0.39 is 0 Å². The average molecular weight is 257 g/mol. The van der Waals surface area contributed by atoms with Crippen LogP contribution in [0.4, 0.5) is 0 Å². The number of hydrogen-bond donors (Lipinski definition) is 2. The summed E-state index contributed by atoms with van der Waals surface area (Å²) in [5, 5.41) is 2.80. The molecule has 1 unspecified atom stereocenters. The van der Waals surface area contributed by atoms with Gasteiger partial charge in [0.1, 0.15) is 0 Å². The summed E-state index contributed by atoms with van der Waals surface area (Å²) in [5.41, 5.74) is 5.58. The van der Waals surface area contributed by atoms with Crippen molar-refractivity contribution in [2.75, 3.05) is 19.6 Å². The van der Waals surface area contributed by atoms with Gasteiger partial charge in [-0.25, -0.2) is 0 Å². The average Bonchev–Trinajstić information content (AvgIpc) is 2.30. The van der Waals surface area contributed by atoms with Gasteiger partial charge >= 0.3 is 0 Å². The van der Waals surface area contributed by atoms with Crippen molar-refractivity contribution in [3.8, 4) is 0 Å². The van der Waals surface area contributed by atoms with Crippen LogP contribution >= 0.6 is 0 Å². The van der Waals surface area contributed by atoms with Crippen molar-refractivity contribution in [2.24, 2.45) is 5.73 Å². The number of nitrogens with zero attached hydrogens (tertiary/aromatic N) is 1. The van der Waals surface area contributed by atoms with Crippen molar-refractivity contribution in [1.29, 1.82) is 0 Å². The molecular formula is C13H27N3O2. The molecule has 0 heterocycles. The Morgan fingerprint density at radius 1 is 1.22 bits per heavy atom. The minimum absolute atomic E-state index is 0.00277. The van der Waals surface area contributed by atoms with Crippen molar-refractivity contribution in [2.45, 2.75) is 52.5 Å². The molecule has 0 rings (SSSR count). The summed E-state index contributed by atoms with van der Waals surface area (Å²) >= 11 is 0. The molecule has 106 valence electrons. The monoisotopic (exact) mass is 257 g/mol. The van der Waals surface area contributed by atoms with Crippen molar-refractivity contribution >= 4 is 11.8 Å². The van der Waals surface area contributed by atoms with Gasteiger partial charge < -0.3 is 16.0 Å². The lowest BCUT2D eigenvalue weighted by Gasteiger charge is -2.18. The highest BCUT2D eigenvalue weighted by Gasteiger charge is 2.10. The van der Waals surface area contributed by atoms with Crippen LogP contribution in [0.5, 0.6) is 0 Å². The summed E-state index contributed by atoms with van der Waals surface area (Å²) in [7, 11) is 0. The predicted molar refractivity (Wildman–Crippen MR) is 73.1 cm³/mol. The molecule has 3 N–H and O–H groups in total. The van der Waals surface area contributed by atoms with Gasteiger partial charge in [-0.3, -0.25) is 9.59 Å². The number of rotatable bonds is 9.